The predicted octanol–water partition coefficient (Wildman–Crippen LogP) is 6.48. The predicted molar refractivity (Wildman–Crippen MR) is 187 cm³/mol. The van der Waals surface area contributed by atoms with Crippen LogP contribution in [0.5, 0.6) is 5.75 Å². The average Bonchev–Trinajstić information content (AvgIpc) is 3.46. The van der Waals surface area contributed by atoms with E-state index in [0.717, 1.165) is 44.1 Å². The second kappa shape index (κ2) is 16.8. The first-order valence-electron chi connectivity index (χ1n) is 19.2. The summed E-state index contributed by atoms with van der Waals surface area (Å²) in [5.41, 5.74) is 2.30. The Labute approximate surface area is 310 Å². The molecule has 6 rings (SSSR count). The molecule has 0 bridgehead atoms. The van der Waals surface area contributed by atoms with E-state index < -0.39 is 41.8 Å². The van der Waals surface area contributed by atoms with Gasteiger partial charge in [-0.25, -0.2) is 4.79 Å². The number of carbonyl (C=O) groups excluding carboxylic acids is 2. The minimum atomic E-state index is -5.61. The fourth-order valence-corrected chi connectivity index (χ4v) is 11.3. The molecule has 4 fully saturated rings. The Kier molecular flexibility index (Phi) is 12.8. The highest BCUT2D eigenvalue weighted by Crippen LogP contribution is 2.63. The molecule has 5 aliphatic rings. The third-order valence-electron chi connectivity index (χ3n) is 12.8. The van der Waals surface area contributed by atoms with E-state index in [1.165, 1.54) is 5.56 Å². The molecule has 298 valence electrons. The van der Waals surface area contributed by atoms with Crippen molar-refractivity contribution >= 4 is 22.8 Å². The molecule has 2 amide bonds. The van der Waals surface area contributed by atoms with E-state index in [1.807, 2.05) is 17.0 Å². The fourth-order valence-electron chi connectivity index (χ4n) is 10.2. The van der Waals surface area contributed by atoms with Crippen molar-refractivity contribution in [2.45, 2.75) is 108 Å². The van der Waals surface area contributed by atoms with Gasteiger partial charge in [0.05, 0.1) is 25.9 Å². The zero-order valence-electron chi connectivity index (χ0n) is 30.4. The van der Waals surface area contributed by atoms with Crippen LogP contribution < -0.4 is 4.74 Å². The Balaban J connectivity index is 1.11. The van der Waals surface area contributed by atoms with Crippen LogP contribution in [0.1, 0.15) is 88.2 Å². The second-order valence-electron chi connectivity index (χ2n) is 15.8. The quantitative estimate of drug-likeness (QED) is 0.229. The van der Waals surface area contributed by atoms with Crippen molar-refractivity contribution in [1.82, 2.24) is 9.80 Å². The normalized spacial score (nSPS) is 30.1. The maximum atomic E-state index is 13.4. The highest BCUT2D eigenvalue weighted by molar-refractivity contribution is 7.84. The van der Waals surface area contributed by atoms with Crippen molar-refractivity contribution in [2.24, 2.45) is 23.2 Å². The van der Waals surface area contributed by atoms with Crippen LogP contribution in [0.2, 0.25) is 0 Å². The van der Waals surface area contributed by atoms with E-state index in [1.54, 1.807) is 4.90 Å². The molecule has 2 aliphatic heterocycles. The second-order valence-corrected chi connectivity index (χ2v) is 17.5. The van der Waals surface area contributed by atoms with Crippen LogP contribution in [-0.2, 0) is 31.5 Å². The standard InChI is InChI=1S/C38H53F5N2O7S/c1-36-13-9-30-29-6-5-28(52-35(48)44-14-10-27(11-15-44)45-16-18-50-24-33(45)47)23-26(29)22-25(34(30)31(36)7-8-32(36)51-19-17-46)4-2-20-53(49)21-3-12-37(39,40)38(41,42)43/h5-6,23,25,27,30-32,34,46H,2-4,7-22,24H2,1H3/t25-,30-,31+,32+,34-,36+,53?/m1/s1. The first-order valence-corrected chi connectivity index (χ1v) is 20.7. The van der Waals surface area contributed by atoms with Gasteiger partial charge in [-0.1, -0.05) is 13.0 Å². The van der Waals surface area contributed by atoms with Crippen molar-refractivity contribution in [2.75, 3.05) is 57.6 Å². The van der Waals surface area contributed by atoms with Crippen LogP contribution in [0.3, 0.4) is 0 Å². The van der Waals surface area contributed by atoms with Gasteiger partial charge in [0.25, 0.3) is 0 Å². The summed E-state index contributed by atoms with van der Waals surface area (Å²) in [5.74, 6) is -3.16. The minimum Gasteiger partial charge on any atom is -0.410 e. The number of hydrogen-bond donors (Lipinski definition) is 1. The third-order valence-corrected chi connectivity index (χ3v) is 14.3. The molecule has 9 nitrogen and oxygen atoms in total. The molecule has 2 saturated carbocycles. The Morgan fingerprint density at radius 3 is 2.53 bits per heavy atom. The van der Waals surface area contributed by atoms with Gasteiger partial charge in [0.15, 0.2) is 0 Å². The van der Waals surface area contributed by atoms with Gasteiger partial charge < -0.3 is 29.1 Å². The molecule has 7 atom stereocenters. The van der Waals surface area contributed by atoms with Gasteiger partial charge in [-0.05, 0) is 117 Å². The van der Waals surface area contributed by atoms with Crippen molar-refractivity contribution in [3.8, 4) is 5.75 Å². The van der Waals surface area contributed by atoms with Gasteiger partial charge in [0, 0.05) is 54.4 Å². The summed E-state index contributed by atoms with van der Waals surface area (Å²) >= 11 is 0. The number of aliphatic hydroxyl groups is 1. The van der Waals surface area contributed by atoms with Gasteiger partial charge >= 0.3 is 18.2 Å². The molecule has 3 aliphatic carbocycles. The monoisotopic (exact) mass is 776 g/mol. The number of carbonyl (C=O) groups is 2. The lowest BCUT2D eigenvalue weighted by atomic mass is 9.52. The van der Waals surface area contributed by atoms with Gasteiger partial charge in [-0.2, -0.15) is 22.0 Å². The van der Waals surface area contributed by atoms with Crippen LogP contribution in [0.15, 0.2) is 18.2 Å². The third kappa shape index (κ3) is 8.88. The van der Waals surface area contributed by atoms with Gasteiger partial charge in [-0.3, -0.25) is 9.00 Å². The fraction of sp³-hybridized carbons (Fsp3) is 0.789. The molecule has 1 unspecified atom stereocenters. The molecule has 1 aromatic carbocycles. The zero-order valence-corrected chi connectivity index (χ0v) is 31.2. The number of piperidine rings is 1. The van der Waals surface area contributed by atoms with E-state index in [4.69, 9.17) is 14.2 Å². The van der Waals surface area contributed by atoms with Crippen molar-refractivity contribution < 1.29 is 55.1 Å². The smallest absolute Gasteiger partial charge is 0.410 e. The SMILES string of the molecule is C[C@]12CC[C@@H]3c4ccc(OC(=O)N5CCC(N6CCOCC6=O)CC5)cc4C[C@@H](CCCS(=O)CCCC(F)(F)C(F)(F)F)[C@H]3[C@@H]1CC[C@@H]2OCCO. The summed E-state index contributed by atoms with van der Waals surface area (Å²) in [6, 6.07) is 6.00. The molecule has 2 saturated heterocycles. The van der Waals surface area contributed by atoms with Crippen LogP contribution in [0, 0.1) is 23.2 Å². The molecule has 0 aromatic heterocycles. The molecular formula is C38H53F5N2O7S. The number of rotatable bonds is 13. The minimum absolute atomic E-state index is 0.0160. The number of halogens is 5. The maximum absolute atomic E-state index is 13.4. The zero-order chi connectivity index (χ0) is 38.0. The summed E-state index contributed by atoms with van der Waals surface area (Å²) in [6.07, 6.45) is -0.664. The van der Waals surface area contributed by atoms with Crippen LogP contribution >= 0.6 is 0 Å². The molecule has 0 radical (unpaired) electrons. The number of fused-ring (bicyclic) bond motifs is 5. The molecule has 1 aromatic rings. The van der Waals surface area contributed by atoms with E-state index in [0.29, 0.717) is 69.7 Å². The highest BCUT2D eigenvalue weighted by Gasteiger charge is 2.58. The van der Waals surface area contributed by atoms with Crippen LogP contribution in [0.25, 0.3) is 0 Å². The summed E-state index contributed by atoms with van der Waals surface area (Å²) < 4.78 is 94.6. The van der Waals surface area contributed by atoms with Gasteiger partial charge in [0.1, 0.15) is 12.4 Å². The molecule has 15 heteroatoms. The molecule has 53 heavy (non-hydrogen) atoms. The van der Waals surface area contributed by atoms with Crippen molar-refractivity contribution in [3.05, 3.63) is 29.3 Å². The van der Waals surface area contributed by atoms with Crippen LogP contribution in [-0.4, -0.2) is 113 Å². The summed E-state index contributed by atoms with van der Waals surface area (Å²) in [7, 11) is -1.51. The number of morpholine rings is 1. The molecule has 0 spiro atoms. The Hall–Kier alpha value is -2.36. The number of ether oxygens (including phenoxy) is 3. The van der Waals surface area contributed by atoms with E-state index in [-0.39, 0.29) is 60.0 Å². The number of alkyl halides is 5. The maximum Gasteiger partial charge on any atom is 0.453 e. The summed E-state index contributed by atoms with van der Waals surface area (Å²) in [5, 5.41) is 9.45. The van der Waals surface area contributed by atoms with Crippen molar-refractivity contribution in [1.29, 1.82) is 0 Å². The Morgan fingerprint density at radius 2 is 1.81 bits per heavy atom. The number of benzene rings is 1. The molecule has 1 N–H and O–H groups in total. The molecule has 2 heterocycles. The molecular weight excluding hydrogens is 723 g/mol. The lowest BCUT2D eigenvalue weighted by Crippen LogP contribution is -2.52. The van der Waals surface area contributed by atoms with Crippen molar-refractivity contribution in [3.63, 3.8) is 0 Å². The van der Waals surface area contributed by atoms with Gasteiger partial charge in [0.2, 0.25) is 5.91 Å². The Bertz CT molecular complexity index is 1470. The van der Waals surface area contributed by atoms with E-state index >= 15 is 0 Å². The Morgan fingerprint density at radius 1 is 1.06 bits per heavy atom. The number of aliphatic hydroxyl groups excluding tert-OH is 1. The van der Waals surface area contributed by atoms with Crippen LogP contribution in [0.4, 0.5) is 26.7 Å². The largest absolute Gasteiger partial charge is 0.453 e. The summed E-state index contributed by atoms with van der Waals surface area (Å²) in [4.78, 5) is 29.1. The van der Waals surface area contributed by atoms with Gasteiger partial charge in [-0.15, -0.1) is 0 Å². The van der Waals surface area contributed by atoms with E-state index in [2.05, 4.69) is 13.0 Å². The average molecular weight is 777 g/mol. The first-order chi connectivity index (χ1) is 25.2. The number of nitrogens with zero attached hydrogens (tertiary/aromatic N) is 2. The summed E-state index contributed by atoms with van der Waals surface area (Å²) in [6.45, 7) is 4.71. The van der Waals surface area contributed by atoms with E-state index in [9.17, 15) is 40.9 Å². The lowest BCUT2D eigenvalue weighted by molar-refractivity contribution is -0.284. The number of likely N-dealkylation sites (tertiary alicyclic amines) is 1. The highest BCUT2D eigenvalue weighted by atomic mass is 32.2. The number of amides is 2. The first kappa shape index (κ1) is 40.3. The topological polar surface area (TPSA) is 106 Å². The lowest BCUT2D eigenvalue weighted by Gasteiger charge is -2.53. The number of hydrogen-bond acceptors (Lipinski definition) is 7.